The van der Waals surface area contributed by atoms with Crippen molar-refractivity contribution in [1.29, 1.82) is 0 Å². The third-order valence-corrected chi connectivity index (χ3v) is 4.56. The average molecular weight is 383 g/mol. The topological polar surface area (TPSA) is 132 Å². The van der Waals surface area contributed by atoms with Crippen LogP contribution in [-0.4, -0.2) is 28.1 Å². The van der Waals surface area contributed by atoms with E-state index >= 15 is 0 Å². The van der Waals surface area contributed by atoms with Crippen LogP contribution in [0.3, 0.4) is 0 Å². The van der Waals surface area contributed by atoms with Gasteiger partial charge in [0.05, 0.1) is 15.4 Å². The number of benzene rings is 2. The van der Waals surface area contributed by atoms with Crippen LogP contribution in [0.25, 0.3) is 11.1 Å². The van der Waals surface area contributed by atoms with Crippen LogP contribution < -0.4 is 5.32 Å². The van der Waals surface area contributed by atoms with Crippen LogP contribution in [0.4, 0.5) is 11.4 Å². The van der Waals surface area contributed by atoms with Crippen molar-refractivity contribution in [2.45, 2.75) is 20.3 Å². The van der Waals surface area contributed by atoms with Gasteiger partial charge in [-0.3, -0.25) is 29.8 Å². The Hall–Kier alpha value is -3.62. The Morgan fingerprint density at radius 1 is 1.00 bits per heavy atom. The van der Waals surface area contributed by atoms with Gasteiger partial charge < -0.3 is 5.32 Å². The fraction of sp³-hybridized carbons (Fsp3) is 0.263. The van der Waals surface area contributed by atoms with Crippen LogP contribution in [0.15, 0.2) is 30.3 Å². The predicted octanol–water partition coefficient (Wildman–Crippen LogP) is 3.49. The van der Waals surface area contributed by atoms with Gasteiger partial charge in [0.2, 0.25) is 0 Å². The van der Waals surface area contributed by atoms with Gasteiger partial charge in [0.25, 0.3) is 17.3 Å². The second-order valence-corrected chi connectivity index (χ2v) is 6.93. The highest BCUT2D eigenvalue weighted by Gasteiger charge is 2.34. The highest BCUT2D eigenvalue weighted by Crippen LogP contribution is 2.42. The summed E-state index contributed by atoms with van der Waals surface area (Å²) in [6.07, 6.45) is 0.727. The lowest BCUT2D eigenvalue weighted by atomic mass is 9.97. The summed E-state index contributed by atoms with van der Waals surface area (Å²) in [5.41, 5.74) is 0.0337. The molecule has 9 nitrogen and oxygen atoms in total. The zero-order chi connectivity index (χ0) is 20.6. The number of ketones is 1. The molecule has 9 heteroatoms. The Kier molecular flexibility index (Phi) is 4.91. The van der Waals surface area contributed by atoms with Gasteiger partial charge in [-0.25, -0.2) is 0 Å². The van der Waals surface area contributed by atoms with Crippen molar-refractivity contribution < 1.29 is 19.4 Å². The molecule has 1 amide bonds. The highest BCUT2D eigenvalue weighted by molar-refractivity contribution is 6.25. The molecule has 2 aromatic rings. The van der Waals surface area contributed by atoms with Crippen molar-refractivity contribution >= 4 is 23.1 Å². The zero-order valence-electron chi connectivity index (χ0n) is 15.2. The summed E-state index contributed by atoms with van der Waals surface area (Å²) < 4.78 is 0. The van der Waals surface area contributed by atoms with Gasteiger partial charge in [0.1, 0.15) is 0 Å². The summed E-state index contributed by atoms with van der Waals surface area (Å²) in [4.78, 5) is 46.4. The zero-order valence-corrected chi connectivity index (χ0v) is 15.2. The van der Waals surface area contributed by atoms with Crippen molar-refractivity contribution in [3.63, 3.8) is 0 Å². The number of amides is 1. The molecule has 0 fully saturated rings. The monoisotopic (exact) mass is 383 g/mol. The summed E-state index contributed by atoms with van der Waals surface area (Å²) in [6.45, 7) is 4.38. The molecule has 0 heterocycles. The lowest BCUT2D eigenvalue weighted by molar-refractivity contribution is -0.385. The SMILES string of the molecule is CC(C)CCNC(=O)c1cc([N+](=O)[O-])cc2c1-c1ccc([N+](=O)[O-])cc1C2=O. The maximum atomic E-state index is 12.7. The van der Waals surface area contributed by atoms with Crippen LogP contribution in [0.1, 0.15) is 46.5 Å². The van der Waals surface area contributed by atoms with E-state index in [-0.39, 0.29) is 33.6 Å². The number of nitro benzene ring substituents is 2. The van der Waals surface area contributed by atoms with E-state index in [0.717, 1.165) is 24.6 Å². The standard InChI is InChI=1S/C19H17N3O6/c1-10(2)5-6-20-19(24)16-9-12(22(27)28)8-15-17(16)13-4-3-11(21(25)26)7-14(13)18(15)23/h3-4,7-10H,5-6H2,1-2H3,(H,20,24). The quantitative estimate of drug-likeness (QED) is 0.512. The van der Waals surface area contributed by atoms with Crippen molar-refractivity contribution in [2.24, 2.45) is 5.92 Å². The number of rotatable bonds is 6. The first-order valence-electron chi connectivity index (χ1n) is 8.64. The molecule has 0 aliphatic heterocycles. The van der Waals surface area contributed by atoms with Crippen LogP contribution in [0, 0.1) is 26.1 Å². The average Bonchev–Trinajstić information content (AvgIpc) is 2.92. The fourth-order valence-corrected chi connectivity index (χ4v) is 3.15. The predicted molar refractivity (Wildman–Crippen MR) is 100 cm³/mol. The maximum Gasteiger partial charge on any atom is 0.271 e. The molecule has 0 saturated heterocycles. The first kappa shape index (κ1) is 19.2. The van der Waals surface area contributed by atoms with Crippen molar-refractivity contribution in [2.75, 3.05) is 6.54 Å². The Bertz CT molecular complexity index is 1030. The molecule has 2 aromatic carbocycles. The minimum absolute atomic E-state index is 0.00120. The number of hydrogen-bond donors (Lipinski definition) is 1. The van der Waals surface area contributed by atoms with E-state index in [2.05, 4.69) is 5.32 Å². The maximum absolute atomic E-state index is 12.7. The van der Waals surface area contributed by atoms with E-state index in [9.17, 15) is 29.8 Å². The molecule has 1 aliphatic rings. The van der Waals surface area contributed by atoms with E-state index < -0.39 is 21.5 Å². The lowest BCUT2D eigenvalue weighted by Crippen LogP contribution is -2.26. The molecule has 0 unspecified atom stereocenters. The number of fused-ring (bicyclic) bond motifs is 3. The highest BCUT2D eigenvalue weighted by atomic mass is 16.6. The van der Waals surface area contributed by atoms with E-state index in [1.807, 2.05) is 13.8 Å². The van der Waals surface area contributed by atoms with E-state index in [1.54, 1.807) is 0 Å². The number of nitrogens with zero attached hydrogens (tertiary/aromatic N) is 2. The Morgan fingerprint density at radius 3 is 2.25 bits per heavy atom. The summed E-state index contributed by atoms with van der Waals surface area (Å²) in [6, 6.07) is 6.00. The molecule has 0 aromatic heterocycles. The van der Waals surface area contributed by atoms with E-state index in [4.69, 9.17) is 0 Å². The van der Waals surface area contributed by atoms with Crippen molar-refractivity contribution in [3.8, 4) is 11.1 Å². The van der Waals surface area contributed by atoms with Gasteiger partial charge in [0.15, 0.2) is 5.78 Å². The lowest BCUT2D eigenvalue weighted by Gasteiger charge is -2.11. The molecule has 0 atom stereocenters. The summed E-state index contributed by atoms with van der Waals surface area (Å²) >= 11 is 0. The normalized spacial score (nSPS) is 11.9. The summed E-state index contributed by atoms with van der Waals surface area (Å²) in [7, 11) is 0. The van der Waals surface area contributed by atoms with Gasteiger partial charge in [-0.15, -0.1) is 0 Å². The minimum atomic E-state index is -0.677. The van der Waals surface area contributed by atoms with Crippen LogP contribution in [0.2, 0.25) is 0 Å². The van der Waals surface area contributed by atoms with Crippen LogP contribution >= 0.6 is 0 Å². The number of carbonyl (C=O) groups excluding carboxylic acids is 2. The van der Waals surface area contributed by atoms with Gasteiger partial charge >= 0.3 is 0 Å². The first-order valence-corrected chi connectivity index (χ1v) is 8.64. The molecule has 0 radical (unpaired) electrons. The molecular weight excluding hydrogens is 366 g/mol. The largest absolute Gasteiger partial charge is 0.352 e. The second kappa shape index (κ2) is 7.18. The molecule has 28 heavy (non-hydrogen) atoms. The summed E-state index contributed by atoms with van der Waals surface area (Å²) in [5.74, 6) is -0.743. The molecule has 144 valence electrons. The molecular formula is C19H17N3O6. The molecule has 1 N–H and O–H groups in total. The summed E-state index contributed by atoms with van der Waals surface area (Å²) in [5, 5.41) is 25.0. The number of non-ortho nitro benzene ring substituents is 2. The fourth-order valence-electron chi connectivity index (χ4n) is 3.15. The smallest absolute Gasteiger partial charge is 0.271 e. The Labute approximate surface area is 159 Å². The Balaban J connectivity index is 2.13. The van der Waals surface area contributed by atoms with Crippen LogP contribution in [0.5, 0.6) is 0 Å². The Morgan fingerprint density at radius 2 is 1.64 bits per heavy atom. The first-order chi connectivity index (χ1) is 13.2. The molecule has 0 bridgehead atoms. The molecule has 0 saturated carbocycles. The van der Waals surface area contributed by atoms with Crippen molar-refractivity contribution in [1.82, 2.24) is 5.32 Å². The van der Waals surface area contributed by atoms with Crippen LogP contribution in [-0.2, 0) is 0 Å². The van der Waals surface area contributed by atoms with Gasteiger partial charge in [-0.1, -0.05) is 13.8 Å². The molecule has 1 aliphatic carbocycles. The number of nitro groups is 2. The third-order valence-electron chi connectivity index (χ3n) is 4.56. The van der Waals surface area contributed by atoms with Gasteiger partial charge in [0, 0.05) is 47.5 Å². The number of nitrogens with one attached hydrogen (secondary N) is 1. The number of carbonyl (C=O) groups is 2. The van der Waals surface area contributed by atoms with Crippen molar-refractivity contribution in [3.05, 3.63) is 67.3 Å². The van der Waals surface area contributed by atoms with Gasteiger partial charge in [-0.05, 0) is 24.0 Å². The van der Waals surface area contributed by atoms with E-state index in [1.165, 1.54) is 12.1 Å². The van der Waals surface area contributed by atoms with E-state index in [0.29, 0.717) is 18.0 Å². The second-order valence-electron chi connectivity index (χ2n) is 6.93. The van der Waals surface area contributed by atoms with Gasteiger partial charge in [-0.2, -0.15) is 0 Å². The minimum Gasteiger partial charge on any atom is -0.352 e. The third kappa shape index (κ3) is 3.34. The molecule has 3 rings (SSSR count). The molecule has 0 spiro atoms. The number of hydrogen-bond acceptors (Lipinski definition) is 6.